The van der Waals surface area contributed by atoms with Gasteiger partial charge in [0.2, 0.25) is 0 Å². The lowest BCUT2D eigenvalue weighted by Gasteiger charge is -2.08. The molecule has 2 heterocycles. The Balaban J connectivity index is 1.38. The highest BCUT2D eigenvalue weighted by Gasteiger charge is 2.10. The molecule has 5 rings (SSSR count). The van der Waals surface area contributed by atoms with Gasteiger partial charge >= 0.3 is 0 Å². The van der Waals surface area contributed by atoms with Crippen molar-refractivity contribution in [1.82, 2.24) is 9.55 Å². The topological polar surface area (TPSA) is 47.3 Å². The molecular weight excluding hydrogens is 372 g/mol. The second kappa shape index (κ2) is 7.76. The molecule has 4 nitrogen and oxygen atoms in total. The number of hydrogen-bond donors (Lipinski definition) is 1. The highest BCUT2D eigenvalue weighted by molar-refractivity contribution is 5.91. The number of aromatic nitrogens is 2. The summed E-state index contributed by atoms with van der Waals surface area (Å²) in [6.07, 6.45) is 3.76. The predicted molar refractivity (Wildman–Crippen MR) is 119 cm³/mol. The zero-order chi connectivity index (χ0) is 20.3. The van der Waals surface area contributed by atoms with Gasteiger partial charge in [-0.25, -0.2) is 0 Å². The Bertz CT molecular complexity index is 1280. The summed E-state index contributed by atoms with van der Waals surface area (Å²) in [7, 11) is 0. The standard InChI is InChI=1S/C26H20N2O2/c29-26-24-14-11-20(25-8-4-5-15-27-25)16-21(24)18-28(26)17-19-9-12-23(13-10-19)30-22-6-2-1-3-7-22/h1-16,18,29H,17H2. The molecule has 0 bridgehead atoms. The third-order valence-electron chi connectivity index (χ3n) is 5.08. The van der Waals surface area contributed by atoms with Crippen LogP contribution in [0, 0.1) is 0 Å². The minimum Gasteiger partial charge on any atom is -0.494 e. The van der Waals surface area contributed by atoms with Crippen molar-refractivity contribution in [2.45, 2.75) is 6.54 Å². The molecule has 1 N–H and O–H groups in total. The number of benzene rings is 3. The molecule has 5 aromatic rings. The minimum atomic E-state index is 0.266. The van der Waals surface area contributed by atoms with Crippen LogP contribution in [-0.4, -0.2) is 14.7 Å². The minimum absolute atomic E-state index is 0.266. The average Bonchev–Trinajstić information content (AvgIpc) is 3.11. The summed E-state index contributed by atoms with van der Waals surface area (Å²) >= 11 is 0. The number of hydrogen-bond acceptors (Lipinski definition) is 3. The zero-order valence-electron chi connectivity index (χ0n) is 16.3. The van der Waals surface area contributed by atoms with Gasteiger partial charge in [-0.3, -0.25) is 4.98 Å². The Morgan fingerprint density at radius 2 is 1.57 bits per heavy atom. The molecular formula is C26H20N2O2. The number of pyridine rings is 1. The fourth-order valence-corrected chi connectivity index (χ4v) is 3.55. The van der Waals surface area contributed by atoms with Crippen molar-refractivity contribution in [1.29, 1.82) is 0 Å². The maximum atomic E-state index is 10.7. The number of rotatable bonds is 5. The molecule has 3 aromatic carbocycles. The van der Waals surface area contributed by atoms with E-state index in [1.54, 1.807) is 6.20 Å². The van der Waals surface area contributed by atoms with Crippen LogP contribution >= 0.6 is 0 Å². The third-order valence-corrected chi connectivity index (χ3v) is 5.08. The first-order chi connectivity index (χ1) is 14.8. The Hall–Kier alpha value is -4.05. The first kappa shape index (κ1) is 18.0. The molecule has 0 atom stereocenters. The predicted octanol–water partition coefficient (Wildman–Crippen LogP) is 6.25. The Morgan fingerprint density at radius 1 is 0.800 bits per heavy atom. The molecule has 146 valence electrons. The molecule has 0 aliphatic heterocycles. The summed E-state index contributed by atoms with van der Waals surface area (Å²) in [5.41, 5.74) is 3.03. The molecule has 30 heavy (non-hydrogen) atoms. The molecule has 0 aliphatic carbocycles. The van der Waals surface area contributed by atoms with E-state index in [-0.39, 0.29) is 5.88 Å². The summed E-state index contributed by atoms with van der Waals surface area (Å²) < 4.78 is 7.71. The number of aromatic hydroxyl groups is 1. The molecule has 0 unspecified atom stereocenters. The van der Waals surface area contributed by atoms with Crippen molar-refractivity contribution in [2.75, 3.05) is 0 Å². The van der Waals surface area contributed by atoms with Crippen LogP contribution in [0.5, 0.6) is 17.4 Å². The van der Waals surface area contributed by atoms with E-state index in [9.17, 15) is 5.11 Å². The van der Waals surface area contributed by atoms with Crippen molar-refractivity contribution in [2.24, 2.45) is 0 Å². The number of ether oxygens (including phenoxy) is 1. The first-order valence-electron chi connectivity index (χ1n) is 9.81. The van der Waals surface area contributed by atoms with E-state index in [1.807, 2.05) is 95.7 Å². The monoisotopic (exact) mass is 392 g/mol. The maximum absolute atomic E-state index is 10.7. The van der Waals surface area contributed by atoms with Crippen molar-refractivity contribution >= 4 is 10.8 Å². The first-order valence-corrected chi connectivity index (χ1v) is 9.81. The van der Waals surface area contributed by atoms with Gasteiger partial charge in [0.15, 0.2) is 5.88 Å². The maximum Gasteiger partial charge on any atom is 0.199 e. The molecule has 0 spiro atoms. The van der Waals surface area contributed by atoms with Gasteiger partial charge < -0.3 is 14.4 Å². The van der Waals surface area contributed by atoms with E-state index in [1.165, 1.54) is 0 Å². The Kier molecular flexibility index (Phi) is 4.66. The van der Waals surface area contributed by atoms with Crippen molar-refractivity contribution in [3.05, 3.63) is 109 Å². The van der Waals surface area contributed by atoms with Gasteiger partial charge in [0.05, 0.1) is 12.2 Å². The summed E-state index contributed by atoms with van der Waals surface area (Å²) in [6.45, 7) is 0.574. The van der Waals surface area contributed by atoms with E-state index < -0.39 is 0 Å². The average molecular weight is 392 g/mol. The van der Waals surface area contributed by atoms with Gasteiger partial charge in [0.25, 0.3) is 0 Å². The quantitative estimate of drug-likeness (QED) is 0.385. The zero-order valence-corrected chi connectivity index (χ0v) is 16.3. The number of fused-ring (bicyclic) bond motifs is 1. The van der Waals surface area contributed by atoms with E-state index >= 15 is 0 Å². The van der Waals surface area contributed by atoms with Crippen molar-refractivity contribution < 1.29 is 9.84 Å². The Labute approximate surface area is 174 Å². The van der Waals surface area contributed by atoms with Gasteiger partial charge in [-0.2, -0.15) is 0 Å². The van der Waals surface area contributed by atoms with Gasteiger partial charge in [0.1, 0.15) is 11.5 Å². The molecule has 0 fully saturated rings. The highest BCUT2D eigenvalue weighted by Crippen LogP contribution is 2.31. The van der Waals surface area contributed by atoms with Gasteiger partial charge in [-0.1, -0.05) is 42.5 Å². The Morgan fingerprint density at radius 3 is 2.33 bits per heavy atom. The van der Waals surface area contributed by atoms with Crippen molar-refractivity contribution in [3.8, 4) is 28.6 Å². The largest absolute Gasteiger partial charge is 0.494 e. The number of para-hydroxylation sites is 1. The van der Waals surface area contributed by atoms with Gasteiger partial charge in [-0.15, -0.1) is 0 Å². The van der Waals surface area contributed by atoms with Crippen LogP contribution in [0.25, 0.3) is 22.0 Å². The SMILES string of the molecule is Oc1c2ccc(-c3ccccn3)cc2cn1Cc1ccc(Oc2ccccc2)cc1. The lowest BCUT2D eigenvalue weighted by Crippen LogP contribution is -1.97. The molecule has 4 heteroatoms. The second-order valence-corrected chi connectivity index (χ2v) is 7.16. The molecule has 0 amide bonds. The fraction of sp³-hybridized carbons (Fsp3) is 0.0385. The third kappa shape index (κ3) is 3.63. The van der Waals surface area contributed by atoms with E-state index in [4.69, 9.17) is 4.74 Å². The molecule has 0 saturated heterocycles. The second-order valence-electron chi connectivity index (χ2n) is 7.16. The van der Waals surface area contributed by atoms with Gasteiger partial charge in [-0.05, 0) is 54.1 Å². The van der Waals surface area contributed by atoms with Crippen LogP contribution in [0.15, 0.2) is 103 Å². The summed E-state index contributed by atoms with van der Waals surface area (Å²) in [5, 5.41) is 12.5. The normalized spacial score (nSPS) is 10.9. The number of nitrogens with zero attached hydrogens (tertiary/aromatic N) is 2. The highest BCUT2D eigenvalue weighted by atomic mass is 16.5. The molecule has 0 radical (unpaired) electrons. The summed E-state index contributed by atoms with van der Waals surface area (Å²) in [5.74, 6) is 1.86. The molecule has 2 aromatic heterocycles. The lowest BCUT2D eigenvalue weighted by molar-refractivity contribution is 0.430. The summed E-state index contributed by atoms with van der Waals surface area (Å²) in [6, 6.07) is 29.5. The molecule has 0 aliphatic rings. The molecule has 0 saturated carbocycles. The van der Waals surface area contributed by atoms with Crippen LogP contribution in [0.3, 0.4) is 0 Å². The van der Waals surface area contributed by atoms with Gasteiger partial charge in [0, 0.05) is 28.7 Å². The van der Waals surface area contributed by atoms with Crippen LogP contribution in [0.1, 0.15) is 5.56 Å². The van der Waals surface area contributed by atoms with Crippen LogP contribution in [0.4, 0.5) is 0 Å². The smallest absolute Gasteiger partial charge is 0.199 e. The fourth-order valence-electron chi connectivity index (χ4n) is 3.55. The van der Waals surface area contributed by atoms with Crippen LogP contribution in [-0.2, 0) is 6.54 Å². The van der Waals surface area contributed by atoms with E-state index in [0.717, 1.165) is 39.1 Å². The van der Waals surface area contributed by atoms with E-state index in [0.29, 0.717) is 6.54 Å². The van der Waals surface area contributed by atoms with Crippen molar-refractivity contribution in [3.63, 3.8) is 0 Å². The van der Waals surface area contributed by atoms with Crippen LogP contribution < -0.4 is 4.74 Å². The summed E-state index contributed by atoms with van der Waals surface area (Å²) in [4.78, 5) is 4.41. The lowest BCUT2D eigenvalue weighted by atomic mass is 10.1. The van der Waals surface area contributed by atoms with Crippen LogP contribution in [0.2, 0.25) is 0 Å². The van der Waals surface area contributed by atoms with E-state index in [2.05, 4.69) is 11.1 Å².